The Kier molecular flexibility index (Phi) is 30.4. The van der Waals surface area contributed by atoms with Crippen molar-refractivity contribution in [1.82, 2.24) is 25.2 Å². The number of alkyl carbamates (subject to hydrolysis) is 1. The molecule has 330 valence electrons. The first-order valence-electron chi connectivity index (χ1n) is 21.8. The smallest absolute Gasteiger partial charge is 0.407 e. The van der Waals surface area contributed by atoms with E-state index in [1.807, 2.05) is 36.1 Å². The maximum atomic E-state index is 11.8. The second-order valence-corrected chi connectivity index (χ2v) is 16.6. The van der Waals surface area contributed by atoms with Gasteiger partial charge in [0.2, 0.25) is 5.91 Å². The minimum Gasteiger partial charge on any atom is -0.450 e. The minimum atomic E-state index is -0.370. The molecule has 2 aromatic rings. The molecule has 3 heterocycles. The van der Waals surface area contributed by atoms with Gasteiger partial charge in [0.15, 0.2) is 11.9 Å². The van der Waals surface area contributed by atoms with Crippen molar-refractivity contribution >= 4 is 57.1 Å². The van der Waals surface area contributed by atoms with Crippen molar-refractivity contribution in [3.8, 4) is 0 Å². The Morgan fingerprint density at radius 2 is 1.52 bits per heavy atom. The number of hydrogen-bond donors (Lipinski definition) is 4. The summed E-state index contributed by atoms with van der Waals surface area (Å²) >= 11 is 0. The molecule has 11 nitrogen and oxygen atoms in total. The summed E-state index contributed by atoms with van der Waals surface area (Å²) in [5.41, 5.74) is 3.13. The number of allylic oxidation sites excluding steroid dienone is 11. The quantitative estimate of drug-likeness (QED) is 0.0219. The normalized spacial score (nSPS) is 13.5. The van der Waals surface area contributed by atoms with Crippen LogP contribution in [0, 0.1) is 0 Å². The fourth-order valence-electron chi connectivity index (χ4n) is 5.76. The molecule has 4 N–H and O–H groups in total. The van der Waals surface area contributed by atoms with E-state index in [-0.39, 0.29) is 12.0 Å². The summed E-state index contributed by atoms with van der Waals surface area (Å²) in [7, 11) is 5.25. The van der Waals surface area contributed by atoms with Crippen LogP contribution in [0.2, 0.25) is 0 Å². The molecule has 1 fully saturated rings. The number of aromatic nitrogens is 3. The summed E-state index contributed by atoms with van der Waals surface area (Å²) in [6.45, 7) is 14.6. The zero-order valence-electron chi connectivity index (χ0n) is 36.8. The number of nitrogens with one attached hydrogen (secondary N) is 4. The van der Waals surface area contributed by atoms with Crippen molar-refractivity contribution in [3.05, 3.63) is 103 Å². The van der Waals surface area contributed by atoms with Gasteiger partial charge in [0.1, 0.15) is 18.7 Å². The van der Waals surface area contributed by atoms with Gasteiger partial charge in [-0.15, -0.1) is 0 Å². The molecule has 2 amide bonds. The van der Waals surface area contributed by atoms with Gasteiger partial charge >= 0.3 is 6.09 Å². The highest BCUT2D eigenvalue weighted by molar-refractivity contribution is 8.76. The standard InChI is InChI=1S/C27H44N2O3S2.C20H28N6/c1-3-5-6-7-8-9-10-11-12-13-14-15-16-17-18-19-20-21-26(30)28-22-24-33-34-25-23-29-27(31)32-4-2;1-4-17-15-23-26-18(22-14-16(2)9-8-10-21-3)13-19(24-20(17)26)25-11-6-5-7-12-25/h5-6,8-9,11-12,14-15,17-18H,3-4,7,10,13,16,19-25H2,1-2H3,(H,28,30)(H,29,31);8-10,13,15,22H,2,4-7,11-12,14H2,1,3H3/p+1/b6-5-,9-8-,12-11-,15-14-,18-17-;9-8-,21-10?. The van der Waals surface area contributed by atoms with Gasteiger partial charge in [0.25, 0.3) is 0 Å². The molecule has 0 spiro atoms. The van der Waals surface area contributed by atoms with Crippen molar-refractivity contribution in [2.45, 2.75) is 97.8 Å². The Morgan fingerprint density at radius 1 is 0.883 bits per heavy atom. The maximum absolute atomic E-state index is 11.8. The molecule has 0 radical (unpaired) electrons. The molecule has 3 rings (SSSR count). The van der Waals surface area contributed by atoms with Crippen LogP contribution in [-0.4, -0.2) is 90.7 Å². The van der Waals surface area contributed by atoms with Crippen LogP contribution in [0.3, 0.4) is 0 Å². The summed E-state index contributed by atoms with van der Waals surface area (Å²) in [5, 5.41) is 13.6. The second-order valence-electron chi connectivity index (χ2n) is 13.9. The molecular formula is C47H73N8O3S2+. The van der Waals surface area contributed by atoms with E-state index >= 15 is 0 Å². The number of rotatable bonds is 28. The number of amides is 2. The molecule has 1 saturated heterocycles. The number of carbonyl (C=O) groups excluding carboxylic acids is 2. The highest BCUT2D eigenvalue weighted by Gasteiger charge is 2.17. The molecule has 0 unspecified atom stereocenters. The molecule has 2 aromatic heterocycles. The summed E-state index contributed by atoms with van der Waals surface area (Å²) in [6, 6.07) is 2.11. The number of anilines is 2. The van der Waals surface area contributed by atoms with E-state index in [0.717, 1.165) is 98.8 Å². The van der Waals surface area contributed by atoms with Gasteiger partial charge in [-0.05, 0) is 83.1 Å². The van der Waals surface area contributed by atoms with E-state index < -0.39 is 0 Å². The van der Waals surface area contributed by atoms with Crippen molar-refractivity contribution < 1.29 is 19.3 Å². The highest BCUT2D eigenvalue weighted by atomic mass is 33.1. The lowest BCUT2D eigenvalue weighted by atomic mass is 10.1. The van der Waals surface area contributed by atoms with Crippen LogP contribution in [0.25, 0.3) is 5.65 Å². The fraction of sp³-hybridized carbons (Fsp3) is 0.511. The van der Waals surface area contributed by atoms with E-state index in [9.17, 15) is 9.59 Å². The van der Waals surface area contributed by atoms with Crippen molar-refractivity contribution in [3.63, 3.8) is 0 Å². The lowest BCUT2D eigenvalue weighted by molar-refractivity contribution is -0.413. The van der Waals surface area contributed by atoms with Crippen LogP contribution in [0.1, 0.15) is 97.0 Å². The van der Waals surface area contributed by atoms with E-state index in [0.29, 0.717) is 32.7 Å². The van der Waals surface area contributed by atoms with Gasteiger partial charge in [-0.2, -0.15) is 9.61 Å². The second kappa shape index (κ2) is 35.3. The van der Waals surface area contributed by atoms with Crippen LogP contribution < -0.4 is 25.8 Å². The summed E-state index contributed by atoms with van der Waals surface area (Å²) < 4.78 is 6.69. The van der Waals surface area contributed by atoms with Crippen molar-refractivity contribution in [1.29, 1.82) is 0 Å². The zero-order valence-corrected chi connectivity index (χ0v) is 38.5. The van der Waals surface area contributed by atoms with Crippen LogP contribution in [-0.2, 0) is 16.0 Å². The lowest BCUT2D eigenvalue weighted by Crippen LogP contribution is -2.62. The first-order chi connectivity index (χ1) is 29.4. The zero-order chi connectivity index (χ0) is 43.3. The molecule has 0 atom stereocenters. The molecule has 0 bridgehead atoms. The van der Waals surface area contributed by atoms with E-state index in [1.54, 1.807) is 28.5 Å². The molecule has 13 heteroatoms. The van der Waals surface area contributed by atoms with Gasteiger partial charge < -0.3 is 25.6 Å². The third-order valence-electron chi connectivity index (χ3n) is 8.94. The molecule has 1 aliphatic rings. The summed E-state index contributed by atoms with van der Waals surface area (Å²) in [6.07, 6.45) is 41.4. The van der Waals surface area contributed by atoms with Gasteiger partial charge in [0, 0.05) is 68.4 Å². The van der Waals surface area contributed by atoms with Crippen LogP contribution in [0.5, 0.6) is 0 Å². The SMILES string of the molecule is C=C(/C=C\C=[NH+]C)CNc1cc(N2CCCCC2)nc2c(CC)cnn12.CC/C=C\C/C=C\C/C=C\C/C=C\C/C=C\CCCC(=O)NCCSSCCNC(=O)OCC. The number of hydrogen-bond acceptors (Lipinski definition) is 9. The molecule has 1 aliphatic heterocycles. The molecular weight excluding hydrogens is 789 g/mol. The van der Waals surface area contributed by atoms with E-state index in [4.69, 9.17) is 9.72 Å². The van der Waals surface area contributed by atoms with Gasteiger partial charge in [-0.1, -0.05) is 109 Å². The lowest BCUT2D eigenvalue weighted by Gasteiger charge is -2.28. The Bertz CT molecular complexity index is 1710. The third kappa shape index (κ3) is 24.6. The first kappa shape index (κ1) is 51.7. The van der Waals surface area contributed by atoms with Crippen molar-refractivity contribution in [2.24, 2.45) is 0 Å². The van der Waals surface area contributed by atoms with E-state index in [1.165, 1.54) is 24.8 Å². The summed E-state index contributed by atoms with van der Waals surface area (Å²) in [4.78, 5) is 33.2. The number of carbonyl (C=O) groups is 2. The average molecular weight is 862 g/mol. The average Bonchev–Trinajstić information content (AvgIpc) is 3.69. The third-order valence-corrected chi connectivity index (χ3v) is 11.3. The van der Waals surface area contributed by atoms with E-state index in [2.05, 4.69) is 118 Å². The number of ether oxygens (including phenoxy) is 1. The number of piperidine rings is 1. The fourth-order valence-corrected chi connectivity index (χ4v) is 7.58. The highest BCUT2D eigenvalue weighted by Crippen LogP contribution is 2.25. The molecule has 0 aliphatic carbocycles. The Balaban J connectivity index is 0.000000426. The maximum Gasteiger partial charge on any atom is 0.407 e. The topological polar surface area (TPSA) is 127 Å². The van der Waals surface area contributed by atoms with Crippen molar-refractivity contribution in [2.75, 3.05) is 68.1 Å². The Morgan fingerprint density at radius 3 is 2.13 bits per heavy atom. The Hall–Kier alpha value is -4.49. The summed E-state index contributed by atoms with van der Waals surface area (Å²) in [5.74, 6) is 3.78. The van der Waals surface area contributed by atoms with Gasteiger partial charge in [-0.3, -0.25) is 9.79 Å². The Labute approximate surface area is 368 Å². The van der Waals surface area contributed by atoms with Crippen LogP contribution >= 0.6 is 21.6 Å². The molecule has 60 heavy (non-hydrogen) atoms. The minimum absolute atomic E-state index is 0.113. The van der Waals surface area contributed by atoms with Gasteiger partial charge in [0.05, 0.1) is 12.8 Å². The predicted octanol–water partition coefficient (Wildman–Crippen LogP) is 8.74. The van der Waals surface area contributed by atoms with Crippen LogP contribution in [0.15, 0.2) is 97.3 Å². The monoisotopic (exact) mass is 862 g/mol. The molecule has 0 saturated carbocycles. The largest absolute Gasteiger partial charge is 0.450 e. The number of aryl methyl sites for hydroxylation is 1. The number of nitrogens with zero attached hydrogens (tertiary/aromatic N) is 4. The predicted molar refractivity (Wildman–Crippen MR) is 259 cm³/mol. The molecule has 0 aromatic carbocycles. The van der Waals surface area contributed by atoms with Crippen LogP contribution in [0.4, 0.5) is 16.4 Å². The van der Waals surface area contributed by atoms with Gasteiger partial charge in [-0.25, -0.2) is 9.78 Å². The number of unbranched alkanes of at least 4 members (excludes halogenated alkanes) is 1. The first-order valence-corrected chi connectivity index (χ1v) is 24.3. The number of fused-ring (bicyclic) bond motifs is 1.